The minimum atomic E-state index is -0.278. The molecule has 1 atom stereocenters. The summed E-state index contributed by atoms with van der Waals surface area (Å²) < 4.78 is 5.23. The first-order valence-electron chi connectivity index (χ1n) is 9.47. The van der Waals surface area contributed by atoms with E-state index in [9.17, 15) is 9.59 Å². The first-order valence-corrected chi connectivity index (χ1v) is 10.4. The minimum Gasteiger partial charge on any atom is -0.497 e. The monoisotopic (exact) mass is 406 g/mol. The highest BCUT2D eigenvalue weighted by Crippen LogP contribution is 2.35. The van der Waals surface area contributed by atoms with Crippen molar-refractivity contribution in [2.75, 3.05) is 7.11 Å². The van der Waals surface area contributed by atoms with Crippen LogP contribution in [-0.2, 0) is 17.9 Å². The Labute approximate surface area is 173 Å². The van der Waals surface area contributed by atoms with Crippen LogP contribution in [0.15, 0.2) is 66.0 Å². The molecule has 0 fully saturated rings. The van der Waals surface area contributed by atoms with Crippen molar-refractivity contribution in [3.8, 4) is 5.75 Å². The van der Waals surface area contributed by atoms with Crippen molar-refractivity contribution in [3.63, 3.8) is 0 Å². The fraction of sp³-hybridized carbons (Fsp3) is 0.217. The van der Waals surface area contributed by atoms with Gasteiger partial charge >= 0.3 is 0 Å². The summed E-state index contributed by atoms with van der Waals surface area (Å²) in [6.07, 6.45) is 0.226. The number of hydrogen-bond acceptors (Lipinski definition) is 4. The van der Waals surface area contributed by atoms with Gasteiger partial charge in [-0.2, -0.15) is 0 Å². The zero-order valence-electron chi connectivity index (χ0n) is 16.1. The molecule has 4 rings (SSSR count). The maximum Gasteiger partial charge on any atom is 0.255 e. The van der Waals surface area contributed by atoms with Crippen molar-refractivity contribution in [1.82, 2.24) is 10.2 Å². The highest BCUT2D eigenvalue weighted by Gasteiger charge is 2.34. The highest BCUT2D eigenvalue weighted by atomic mass is 32.1. The van der Waals surface area contributed by atoms with Crippen LogP contribution in [0.5, 0.6) is 5.75 Å². The molecule has 3 aromatic rings. The SMILES string of the molecule is COc1cccc(CNC(=O)C[C@@H](c2cccs2)N2Cc3ccccc3C2=O)c1. The van der Waals surface area contributed by atoms with E-state index in [1.165, 1.54) is 0 Å². The topological polar surface area (TPSA) is 58.6 Å². The second-order valence-corrected chi connectivity index (χ2v) is 7.93. The molecular formula is C23H22N2O3S. The van der Waals surface area contributed by atoms with E-state index in [2.05, 4.69) is 5.32 Å². The van der Waals surface area contributed by atoms with Crippen LogP contribution < -0.4 is 10.1 Å². The number of hydrogen-bond donors (Lipinski definition) is 1. The van der Waals surface area contributed by atoms with E-state index in [0.717, 1.165) is 27.3 Å². The Morgan fingerprint density at radius 1 is 1.17 bits per heavy atom. The number of methoxy groups -OCH3 is 1. The molecule has 2 heterocycles. The number of benzene rings is 2. The van der Waals surface area contributed by atoms with Gasteiger partial charge in [0.05, 0.1) is 19.6 Å². The number of rotatable bonds is 7. The Bertz CT molecular complexity index is 1020. The van der Waals surface area contributed by atoms with E-state index in [1.54, 1.807) is 18.4 Å². The van der Waals surface area contributed by atoms with Crippen molar-refractivity contribution in [1.29, 1.82) is 0 Å². The van der Waals surface area contributed by atoms with Gasteiger partial charge in [0.2, 0.25) is 5.91 Å². The lowest BCUT2D eigenvalue weighted by Crippen LogP contribution is -2.33. The lowest BCUT2D eigenvalue weighted by atomic mass is 10.1. The van der Waals surface area contributed by atoms with Gasteiger partial charge in [-0.1, -0.05) is 36.4 Å². The summed E-state index contributed by atoms with van der Waals surface area (Å²) in [5, 5.41) is 4.95. The van der Waals surface area contributed by atoms with Crippen LogP contribution in [0.1, 0.15) is 38.8 Å². The number of thiophene rings is 1. The summed E-state index contributed by atoms with van der Waals surface area (Å²) in [6.45, 7) is 0.947. The number of nitrogens with one attached hydrogen (secondary N) is 1. The third-order valence-corrected chi connectivity index (χ3v) is 6.07. The molecule has 0 bridgehead atoms. The molecule has 148 valence electrons. The van der Waals surface area contributed by atoms with E-state index < -0.39 is 0 Å². The third-order valence-electron chi connectivity index (χ3n) is 5.10. The molecule has 1 aliphatic rings. The Morgan fingerprint density at radius 3 is 2.79 bits per heavy atom. The first-order chi connectivity index (χ1) is 14.2. The fourth-order valence-electron chi connectivity index (χ4n) is 3.60. The quantitative estimate of drug-likeness (QED) is 0.641. The Kier molecular flexibility index (Phi) is 5.62. The second kappa shape index (κ2) is 8.49. The number of ether oxygens (including phenoxy) is 1. The maximum absolute atomic E-state index is 12.9. The van der Waals surface area contributed by atoms with Crippen LogP contribution in [0.3, 0.4) is 0 Å². The molecule has 0 spiro atoms. The first kappa shape index (κ1) is 19.2. The molecule has 6 heteroatoms. The average molecular weight is 407 g/mol. The van der Waals surface area contributed by atoms with Crippen molar-refractivity contribution in [3.05, 3.63) is 87.6 Å². The van der Waals surface area contributed by atoms with Gasteiger partial charge in [0.15, 0.2) is 0 Å². The molecule has 5 nitrogen and oxygen atoms in total. The zero-order chi connectivity index (χ0) is 20.2. The van der Waals surface area contributed by atoms with Crippen LogP contribution in [0.25, 0.3) is 0 Å². The predicted molar refractivity (Wildman–Crippen MR) is 113 cm³/mol. The van der Waals surface area contributed by atoms with E-state index >= 15 is 0 Å². The summed E-state index contributed by atoms with van der Waals surface area (Å²) >= 11 is 1.57. The number of nitrogens with zero attached hydrogens (tertiary/aromatic N) is 1. The van der Waals surface area contributed by atoms with Crippen molar-refractivity contribution in [2.24, 2.45) is 0 Å². The van der Waals surface area contributed by atoms with E-state index in [4.69, 9.17) is 4.74 Å². The third kappa shape index (κ3) is 4.17. The fourth-order valence-corrected chi connectivity index (χ4v) is 4.44. The van der Waals surface area contributed by atoms with Gasteiger partial charge < -0.3 is 15.0 Å². The Morgan fingerprint density at radius 2 is 2.03 bits per heavy atom. The van der Waals surface area contributed by atoms with E-state index in [0.29, 0.717) is 13.1 Å². The lowest BCUT2D eigenvalue weighted by molar-refractivity contribution is -0.122. The number of amides is 2. The zero-order valence-corrected chi connectivity index (χ0v) is 16.9. The van der Waals surface area contributed by atoms with Gasteiger partial charge in [-0.25, -0.2) is 0 Å². The number of fused-ring (bicyclic) bond motifs is 1. The molecule has 0 saturated carbocycles. The summed E-state index contributed by atoms with van der Waals surface area (Å²) in [5.41, 5.74) is 2.71. The van der Waals surface area contributed by atoms with Crippen LogP contribution in [-0.4, -0.2) is 23.8 Å². The van der Waals surface area contributed by atoms with Gasteiger partial charge in [0.25, 0.3) is 5.91 Å². The van der Waals surface area contributed by atoms with Gasteiger partial charge in [0.1, 0.15) is 5.75 Å². The van der Waals surface area contributed by atoms with Gasteiger partial charge in [-0.3, -0.25) is 9.59 Å². The molecule has 0 unspecified atom stereocenters. The molecule has 2 aromatic carbocycles. The number of carbonyl (C=O) groups is 2. The Hall–Kier alpha value is -3.12. The van der Waals surface area contributed by atoms with Crippen LogP contribution in [0.4, 0.5) is 0 Å². The van der Waals surface area contributed by atoms with Crippen molar-refractivity contribution >= 4 is 23.2 Å². The second-order valence-electron chi connectivity index (χ2n) is 6.95. The molecule has 29 heavy (non-hydrogen) atoms. The molecule has 2 amide bonds. The molecule has 0 saturated heterocycles. The standard InChI is InChI=1S/C23H22N2O3S/c1-28-18-8-4-6-16(12-18)14-24-22(26)13-20(21-10-5-11-29-21)25-15-17-7-2-3-9-19(17)23(25)27/h2-12,20H,13-15H2,1H3,(H,24,26)/t20-/m0/s1. The van der Waals surface area contributed by atoms with Crippen molar-refractivity contribution < 1.29 is 14.3 Å². The largest absolute Gasteiger partial charge is 0.497 e. The van der Waals surface area contributed by atoms with Crippen LogP contribution in [0, 0.1) is 0 Å². The molecule has 1 aliphatic heterocycles. The highest BCUT2D eigenvalue weighted by molar-refractivity contribution is 7.10. The molecular weight excluding hydrogens is 384 g/mol. The summed E-state index contributed by atoms with van der Waals surface area (Å²) in [4.78, 5) is 28.5. The number of carbonyl (C=O) groups excluding carboxylic acids is 2. The minimum absolute atomic E-state index is 0.0143. The maximum atomic E-state index is 12.9. The molecule has 1 N–H and O–H groups in total. The van der Waals surface area contributed by atoms with Gasteiger partial charge in [0, 0.05) is 23.5 Å². The lowest BCUT2D eigenvalue weighted by Gasteiger charge is -2.26. The molecule has 0 aliphatic carbocycles. The Balaban J connectivity index is 1.47. The molecule has 1 aromatic heterocycles. The molecule has 0 radical (unpaired) electrons. The van der Waals surface area contributed by atoms with Crippen LogP contribution >= 0.6 is 11.3 Å². The van der Waals surface area contributed by atoms with E-state index in [1.807, 2.05) is 70.9 Å². The summed E-state index contributed by atoms with van der Waals surface area (Å²) in [7, 11) is 1.62. The van der Waals surface area contributed by atoms with Crippen LogP contribution in [0.2, 0.25) is 0 Å². The van der Waals surface area contributed by atoms with Gasteiger partial charge in [-0.15, -0.1) is 11.3 Å². The average Bonchev–Trinajstić information content (AvgIpc) is 3.40. The normalized spacial score (nSPS) is 13.8. The van der Waals surface area contributed by atoms with Crippen molar-refractivity contribution in [2.45, 2.75) is 25.6 Å². The summed E-state index contributed by atoms with van der Waals surface area (Å²) in [5.74, 6) is 0.656. The van der Waals surface area contributed by atoms with E-state index in [-0.39, 0.29) is 24.3 Å². The smallest absolute Gasteiger partial charge is 0.255 e. The predicted octanol–water partition coefficient (Wildman–Crippen LogP) is 4.16. The summed E-state index contributed by atoms with van der Waals surface area (Å²) in [6, 6.07) is 18.9. The van der Waals surface area contributed by atoms with Gasteiger partial charge in [-0.05, 0) is 40.8 Å².